The number of ether oxygens (including phenoxy) is 2. The van der Waals surface area contributed by atoms with Crippen molar-refractivity contribution in [2.75, 3.05) is 19.5 Å². The third kappa shape index (κ3) is 3.66. The Morgan fingerprint density at radius 2 is 1.85 bits per heavy atom. The van der Waals surface area contributed by atoms with Crippen LogP contribution in [0.15, 0.2) is 34.9 Å². The summed E-state index contributed by atoms with van der Waals surface area (Å²) in [6, 6.07) is 6.95. The van der Waals surface area contributed by atoms with Crippen molar-refractivity contribution >= 4 is 11.9 Å². The van der Waals surface area contributed by atoms with E-state index in [4.69, 9.17) is 13.9 Å². The van der Waals surface area contributed by atoms with E-state index in [1.807, 2.05) is 13.8 Å². The van der Waals surface area contributed by atoms with E-state index in [9.17, 15) is 4.79 Å². The van der Waals surface area contributed by atoms with Crippen molar-refractivity contribution in [3.05, 3.63) is 36.2 Å². The van der Waals surface area contributed by atoms with E-state index in [2.05, 4.69) is 20.6 Å². The molecule has 0 bridgehead atoms. The van der Waals surface area contributed by atoms with E-state index in [1.54, 1.807) is 49.4 Å². The number of anilines is 1. The SMILES string of the molecule is COc1cc(OC)cc(-c2nnc(NC(=O)c3ccn(C(C)C)n3)o2)c1. The molecule has 3 rings (SSSR count). The highest BCUT2D eigenvalue weighted by Crippen LogP contribution is 2.29. The highest BCUT2D eigenvalue weighted by atomic mass is 16.5. The number of nitrogens with one attached hydrogen (secondary N) is 1. The van der Waals surface area contributed by atoms with Crippen LogP contribution >= 0.6 is 0 Å². The third-order valence-electron chi connectivity index (χ3n) is 3.61. The number of aromatic nitrogens is 4. The summed E-state index contributed by atoms with van der Waals surface area (Å²) >= 11 is 0. The molecule has 0 saturated heterocycles. The van der Waals surface area contributed by atoms with Gasteiger partial charge in [-0.2, -0.15) is 5.10 Å². The summed E-state index contributed by atoms with van der Waals surface area (Å²) < 4.78 is 17.6. The summed E-state index contributed by atoms with van der Waals surface area (Å²) in [5, 5.41) is 14.5. The molecule has 0 radical (unpaired) electrons. The van der Waals surface area contributed by atoms with Crippen LogP contribution < -0.4 is 14.8 Å². The quantitative estimate of drug-likeness (QED) is 0.723. The topological polar surface area (TPSA) is 104 Å². The zero-order valence-corrected chi connectivity index (χ0v) is 14.9. The van der Waals surface area contributed by atoms with Gasteiger partial charge < -0.3 is 13.9 Å². The smallest absolute Gasteiger partial charge is 0.322 e. The molecule has 136 valence electrons. The molecule has 1 amide bonds. The van der Waals surface area contributed by atoms with Gasteiger partial charge in [0, 0.05) is 23.9 Å². The molecule has 0 aliphatic heterocycles. The molecular formula is C17H19N5O4. The maximum atomic E-state index is 12.2. The van der Waals surface area contributed by atoms with Crippen LogP contribution in [0.1, 0.15) is 30.4 Å². The predicted octanol–water partition coefficient (Wildman–Crippen LogP) is 2.78. The van der Waals surface area contributed by atoms with Gasteiger partial charge in [0.2, 0.25) is 5.89 Å². The number of rotatable bonds is 6. The second kappa shape index (κ2) is 7.26. The average Bonchev–Trinajstić information content (AvgIpc) is 3.30. The van der Waals surface area contributed by atoms with E-state index >= 15 is 0 Å². The molecule has 9 heteroatoms. The Morgan fingerprint density at radius 1 is 1.15 bits per heavy atom. The summed E-state index contributed by atoms with van der Waals surface area (Å²) in [7, 11) is 3.10. The Morgan fingerprint density at radius 3 is 2.42 bits per heavy atom. The Balaban J connectivity index is 1.78. The Bertz CT molecular complexity index is 893. The second-order valence-electron chi connectivity index (χ2n) is 5.74. The molecular weight excluding hydrogens is 338 g/mol. The van der Waals surface area contributed by atoms with Gasteiger partial charge in [0.1, 0.15) is 11.5 Å². The van der Waals surface area contributed by atoms with Crippen LogP contribution in [-0.2, 0) is 0 Å². The minimum absolute atomic E-state index is 0.0223. The molecule has 2 aromatic heterocycles. The van der Waals surface area contributed by atoms with E-state index in [0.29, 0.717) is 17.1 Å². The van der Waals surface area contributed by atoms with Gasteiger partial charge in [0.05, 0.1) is 14.2 Å². The molecule has 3 aromatic rings. The number of carbonyl (C=O) groups is 1. The molecule has 26 heavy (non-hydrogen) atoms. The van der Waals surface area contributed by atoms with Gasteiger partial charge in [-0.3, -0.25) is 14.8 Å². The monoisotopic (exact) mass is 357 g/mol. The Hall–Kier alpha value is -3.36. The van der Waals surface area contributed by atoms with Crippen LogP contribution in [0.4, 0.5) is 6.01 Å². The lowest BCUT2D eigenvalue weighted by Gasteiger charge is -2.05. The van der Waals surface area contributed by atoms with Gasteiger partial charge in [-0.05, 0) is 32.0 Å². The van der Waals surface area contributed by atoms with Crippen molar-refractivity contribution < 1.29 is 18.7 Å². The van der Waals surface area contributed by atoms with Crippen molar-refractivity contribution in [1.29, 1.82) is 0 Å². The fourth-order valence-electron chi connectivity index (χ4n) is 2.23. The van der Waals surface area contributed by atoms with E-state index in [-0.39, 0.29) is 23.6 Å². The van der Waals surface area contributed by atoms with Crippen molar-refractivity contribution in [2.24, 2.45) is 0 Å². The van der Waals surface area contributed by atoms with E-state index in [1.165, 1.54) is 0 Å². The molecule has 0 fully saturated rings. The minimum Gasteiger partial charge on any atom is -0.497 e. The molecule has 2 heterocycles. The second-order valence-corrected chi connectivity index (χ2v) is 5.74. The molecule has 0 atom stereocenters. The molecule has 0 spiro atoms. The first-order valence-corrected chi connectivity index (χ1v) is 7.93. The summed E-state index contributed by atoms with van der Waals surface area (Å²) in [4.78, 5) is 12.2. The number of hydrogen-bond donors (Lipinski definition) is 1. The predicted molar refractivity (Wildman–Crippen MR) is 93.4 cm³/mol. The maximum absolute atomic E-state index is 12.2. The normalized spacial score (nSPS) is 10.8. The fourth-order valence-corrected chi connectivity index (χ4v) is 2.23. The average molecular weight is 357 g/mol. The standard InChI is InChI=1S/C17H19N5O4/c1-10(2)22-6-5-14(21-22)15(23)18-17-20-19-16(26-17)11-7-12(24-3)9-13(8-11)25-4/h5-10H,1-4H3,(H,18,20,23). The van der Waals surface area contributed by atoms with Crippen molar-refractivity contribution in [1.82, 2.24) is 20.0 Å². The lowest BCUT2D eigenvalue weighted by atomic mass is 10.2. The zero-order valence-electron chi connectivity index (χ0n) is 14.9. The molecule has 0 saturated carbocycles. The van der Waals surface area contributed by atoms with Crippen LogP contribution in [0.5, 0.6) is 11.5 Å². The summed E-state index contributed by atoms with van der Waals surface area (Å²) in [6.45, 7) is 3.95. The molecule has 9 nitrogen and oxygen atoms in total. The zero-order chi connectivity index (χ0) is 18.7. The molecule has 1 aromatic carbocycles. The minimum atomic E-state index is -0.428. The summed E-state index contributed by atoms with van der Waals surface area (Å²) in [6.07, 6.45) is 1.74. The lowest BCUT2D eigenvalue weighted by molar-refractivity contribution is 0.101. The highest BCUT2D eigenvalue weighted by molar-refractivity contribution is 6.01. The fraction of sp³-hybridized carbons (Fsp3) is 0.294. The van der Waals surface area contributed by atoms with Gasteiger partial charge in [0.15, 0.2) is 5.69 Å². The van der Waals surface area contributed by atoms with E-state index < -0.39 is 5.91 Å². The summed E-state index contributed by atoms with van der Waals surface area (Å²) in [5.41, 5.74) is 0.875. The number of amides is 1. The number of methoxy groups -OCH3 is 2. The highest BCUT2D eigenvalue weighted by Gasteiger charge is 2.16. The Kier molecular flexibility index (Phi) is 4.87. The molecule has 0 aliphatic rings. The summed E-state index contributed by atoms with van der Waals surface area (Å²) in [5.74, 6) is 0.970. The number of hydrogen-bond acceptors (Lipinski definition) is 7. The molecule has 0 unspecified atom stereocenters. The number of benzene rings is 1. The van der Waals surface area contributed by atoms with Crippen molar-refractivity contribution in [2.45, 2.75) is 19.9 Å². The first-order chi connectivity index (χ1) is 12.5. The maximum Gasteiger partial charge on any atom is 0.322 e. The first kappa shape index (κ1) is 17.5. The van der Waals surface area contributed by atoms with Gasteiger partial charge in [-0.1, -0.05) is 5.10 Å². The third-order valence-corrected chi connectivity index (χ3v) is 3.61. The molecule has 1 N–H and O–H groups in total. The number of carbonyl (C=O) groups excluding carboxylic acids is 1. The lowest BCUT2D eigenvalue weighted by Crippen LogP contribution is -2.14. The first-order valence-electron chi connectivity index (χ1n) is 7.93. The Labute approximate surface area is 149 Å². The van der Waals surface area contributed by atoms with Gasteiger partial charge in [0.25, 0.3) is 5.91 Å². The van der Waals surface area contributed by atoms with Gasteiger partial charge >= 0.3 is 6.01 Å². The van der Waals surface area contributed by atoms with Crippen LogP contribution in [0, 0.1) is 0 Å². The van der Waals surface area contributed by atoms with Crippen molar-refractivity contribution in [3.8, 4) is 23.0 Å². The van der Waals surface area contributed by atoms with Gasteiger partial charge in [-0.25, -0.2) is 0 Å². The van der Waals surface area contributed by atoms with Gasteiger partial charge in [-0.15, -0.1) is 5.10 Å². The molecule has 0 aliphatic carbocycles. The van der Waals surface area contributed by atoms with Crippen LogP contribution in [0.2, 0.25) is 0 Å². The van der Waals surface area contributed by atoms with E-state index in [0.717, 1.165) is 0 Å². The van der Waals surface area contributed by atoms with Crippen molar-refractivity contribution in [3.63, 3.8) is 0 Å². The van der Waals surface area contributed by atoms with Crippen LogP contribution in [0.3, 0.4) is 0 Å². The van der Waals surface area contributed by atoms with Crippen LogP contribution in [-0.4, -0.2) is 40.1 Å². The largest absolute Gasteiger partial charge is 0.497 e. The number of nitrogens with zero attached hydrogens (tertiary/aromatic N) is 4. The van der Waals surface area contributed by atoms with Crippen LogP contribution in [0.25, 0.3) is 11.5 Å².